The minimum absolute atomic E-state index is 0.369. The third kappa shape index (κ3) is 3.37. The van der Waals surface area contributed by atoms with Crippen molar-refractivity contribution in [3.8, 4) is 17.4 Å². The fraction of sp³-hybridized carbons (Fsp3) is 0.154. The lowest BCUT2D eigenvalue weighted by molar-refractivity contribution is 0.338. The van der Waals surface area contributed by atoms with Gasteiger partial charge in [0.15, 0.2) is 0 Å². The largest absolute Gasteiger partial charge is 0.494 e. The van der Waals surface area contributed by atoms with Crippen molar-refractivity contribution in [3.05, 3.63) is 46.0 Å². The quantitative estimate of drug-likeness (QED) is 0.816. The summed E-state index contributed by atoms with van der Waals surface area (Å²) in [6.45, 7) is 2.54. The molecule has 0 amide bonds. The Labute approximate surface area is 119 Å². The summed E-state index contributed by atoms with van der Waals surface area (Å²) in [5.74, 6) is 1.76. The highest BCUT2D eigenvalue weighted by Gasteiger charge is 2.06. The van der Waals surface area contributed by atoms with Crippen LogP contribution in [0.25, 0.3) is 0 Å². The van der Waals surface area contributed by atoms with Gasteiger partial charge in [-0.05, 0) is 41.1 Å². The van der Waals surface area contributed by atoms with E-state index in [0.717, 1.165) is 10.2 Å². The maximum atomic E-state index is 6.03. The Bertz CT molecular complexity index is 548. The van der Waals surface area contributed by atoms with Gasteiger partial charge in [-0.15, -0.1) is 0 Å². The van der Waals surface area contributed by atoms with Crippen LogP contribution in [0.15, 0.2) is 41.0 Å². The minimum atomic E-state index is 0.369. The van der Waals surface area contributed by atoms with E-state index < -0.39 is 0 Å². The van der Waals surface area contributed by atoms with Crippen LogP contribution in [0.4, 0.5) is 0 Å². The highest BCUT2D eigenvalue weighted by Crippen LogP contribution is 2.30. The van der Waals surface area contributed by atoms with Crippen molar-refractivity contribution in [1.82, 2.24) is 4.98 Å². The van der Waals surface area contributed by atoms with Crippen molar-refractivity contribution in [3.63, 3.8) is 0 Å². The number of benzene rings is 1. The van der Waals surface area contributed by atoms with Crippen LogP contribution in [0.1, 0.15) is 6.92 Å². The van der Waals surface area contributed by atoms with Gasteiger partial charge in [0.2, 0.25) is 5.88 Å². The van der Waals surface area contributed by atoms with E-state index in [9.17, 15) is 0 Å². The lowest BCUT2D eigenvalue weighted by Gasteiger charge is -2.08. The average molecular weight is 329 g/mol. The molecule has 0 spiro atoms. The Hall–Kier alpha value is -1.26. The first-order chi connectivity index (χ1) is 8.69. The van der Waals surface area contributed by atoms with Crippen LogP contribution >= 0.6 is 27.5 Å². The summed E-state index contributed by atoms with van der Waals surface area (Å²) in [5.41, 5.74) is 0. The van der Waals surface area contributed by atoms with E-state index in [1.165, 1.54) is 0 Å². The molecular formula is C13H11BrClNO2. The molecule has 0 saturated carbocycles. The number of hydrogen-bond acceptors (Lipinski definition) is 3. The standard InChI is InChI=1S/C13H11BrClNO2/c1-2-17-10-4-3-5-11(7-10)18-13-12(15)6-9(14)8-16-13/h3-8H,2H2,1H3. The number of hydrogen-bond donors (Lipinski definition) is 0. The summed E-state index contributed by atoms with van der Waals surface area (Å²) in [6.07, 6.45) is 1.63. The molecule has 0 fully saturated rings. The summed E-state index contributed by atoms with van der Waals surface area (Å²) in [6, 6.07) is 9.07. The van der Waals surface area contributed by atoms with Gasteiger partial charge in [-0.3, -0.25) is 0 Å². The van der Waals surface area contributed by atoms with Gasteiger partial charge >= 0.3 is 0 Å². The zero-order chi connectivity index (χ0) is 13.0. The van der Waals surface area contributed by atoms with Crippen molar-refractivity contribution in [2.45, 2.75) is 6.92 Å². The number of ether oxygens (including phenoxy) is 2. The van der Waals surface area contributed by atoms with Gasteiger partial charge < -0.3 is 9.47 Å². The van der Waals surface area contributed by atoms with Crippen LogP contribution in [-0.4, -0.2) is 11.6 Å². The molecule has 0 aliphatic rings. The molecule has 1 aromatic heterocycles. The lowest BCUT2D eigenvalue weighted by Crippen LogP contribution is -1.93. The molecule has 0 N–H and O–H groups in total. The van der Waals surface area contributed by atoms with Gasteiger partial charge in [0, 0.05) is 16.7 Å². The highest BCUT2D eigenvalue weighted by molar-refractivity contribution is 9.10. The van der Waals surface area contributed by atoms with Gasteiger partial charge in [0.1, 0.15) is 16.5 Å². The average Bonchev–Trinajstić information content (AvgIpc) is 2.34. The van der Waals surface area contributed by atoms with E-state index in [-0.39, 0.29) is 0 Å². The van der Waals surface area contributed by atoms with E-state index in [2.05, 4.69) is 20.9 Å². The van der Waals surface area contributed by atoms with Crippen LogP contribution in [0.3, 0.4) is 0 Å². The first-order valence-corrected chi connectivity index (χ1v) is 6.58. The topological polar surface area (TPSA) is 31.4 Å². The predicted octanol–water partition coefficient (Wildman–Crippen LogP) is 4.69. The third-order valence-corrected chi connectivity index (χ3v) is 2.81. The van der Waals surface area contributed by atoms with Gasteiger partial charge in [-0.1, -0.05) is 17.7 Å². The molecule has 0 aliphatic carbocycles. The van der Waals surface area contributed by atoms with Crippen LogP contribution in [0.2, 0.25) is 5.02 Å². The van der Waals surface area contributed by atoms with Gasteiger partial charge in [-0.25, -0.2) is 4.98 Å². The van der Waals surface area contributed by atoms with Crippen LogP contribution < -0.4 is 9.47 Å². The molecule has 94 valence electrons. The molecule has 2 rings (SSSR count). The predicted molar refractivity (Wildman–Crippen MR) is 74.6 cm³/mol. The fourth-order valence-corrected chi connectivity index (χ4v) is 2.05. The van der Waals surface area contributed by atoms with Crippen LogP contribution in [-0.2, 0) is 0 Å². The maximum absolute atomic E-state index is 6.03. The highest BCUT2D eigenvalue weighted by atomic mass is 79.9. The normalized spacial score (nSPS) is 10.2. The Morgan fingerprint density at radius 3 is 2.78 bits per heavy atom. The van der Waals surface area contributed by atoms with Crippen molar-refractivity contribution >= 4 is 27.5 Å². The summed E-state index contributed by atoms with van der Waals surface area (Å²) in [5, 5.41) is 0.450. The molecule has 18 heavy (non-hydrogen) atoms. The Morgan fingerprint density at radius 1 is 1.28 bits per heavy atom. The van der Waals surface area contributed by atoms with Crippen molar-refractivity contribution in [1.29, 1.82) is 0 Å². The lowest BCUT2D eigenvalue weighted by atomic mass is 10.3. The fourth-order valence-electron chi connectivity index (χ4n) is 1.38. The van der Waals surface area contributed by atoms with E-state index in [0.29, 0.717) is 23.3 Å². The van der Waals surface area contributed by atoms with E-state index >= 15 is 0 Å². The zero-order valence-corrected chi connectivity index (χ0v) is 12.0. The second kappa shape index (κ2) is 6.07. The molecule has 0 radical (unpaired) electrons. The number of pyridine rings is 1. The van der Waals surface area contributed by atoms with Gasteiger partial charge in [0.05, 0.1) is 6.61 Å². The Kier molecular flexibility index (Phi) is 4.44. The molecule has 0 aliphatic heterocycles. The second-order valence-corrected chi connectivity index (χ2v) is 4.77. The first-order valence-electron chi connectivity index (χ1n) is 5.41. The molecule has 0 bridgehead atoms. The molecule has 3 nitrogen and oxygen atoms in total. The Balaban J connectivity index is 2.20. The summed E-state index contributed by atoms with van der Waals surface area (Å²) in [7, 11) is 0. The van der Waals surface area contributed by atoms with Gasteiger partial charge in [-0.2, -0.15) is 0 Å². The van der Waals surface area contributed by atoms with Crippen LogP contribution in [0, 0.1) is 0 Å². The third-order valence-electron chi connectivity index (χ3n) is 2.11. The van der Waals surface area contributed by atoms with E-state index in [1.807, 2.05) is 25.1 Å². The van der Waals surface area contributed by atoms with Crippen molar-refractivity contribution in [2.24, 2.45) is 0 Å². The second-order valence-electron chi connectivity index (χ2n) is 3.45. The number of halogens is 2. The number of nitrogens with zero attached hydrogens (tertiary/aromatic N) is 1. The van der Waals surface area contributed by atoms with Crippen molar-refractivity contribution in [2.75, 3.05) is 6.61 Å². The summed E-state index contributed by atoms with van der Waals surface area (Å²) >= 11 is 9.32. The molecule has 0 atom stereocenters. The van der Waals surface area contributed by atoms with E-state index in [1.54, 1.807) is 18.3 Å². The number of rotatable bonds is 4. The Morgan fingerprint density at radius 2 is 2.06 bits per heavy atom. The smallest absolute Gasteiger partial charge is 0.238 e. The van der Waals surface area contributed by atoms with Gasteiger partial charge in [0.25, 0.3) is 0 Å². The molecule has 5 heteroatoms. The molecule has 1 heterocycles. The van der Waals surface area contributed by atoms with Crippen LogP contribution in [0.5, 0.6) is 17.4 Å². The zero-order valence-electron chi connectivity index (χ0n) is 9.69. The molecule has 0 unspecified atom stereocenters. The SMILES string of the molecule is CCOc1cccc(Oc2ncc(Br)cc2Cl)c1. The monoisotopic (exact) mass is 327 g/mol. The molecular weight excluding hydrogens is 318 g/mol. The number of aromatic nitrogens is 1. The summed E-state index contributed by atoms with van der Waals surface area (Å²) in [4.78, 5) is 4.11. The molecule has 2 aromatic rings. The first kappa shape index (κ1) is 13.2. The van der Waals surface area contributed by atoms with E-state index in [4.69, 9.17) is 21.1 Å². The molecule has 1 aromatic carbocycles. The maximum Gasteiger partial charge on any atom is 0.238 e. The summed E-state index contributed by atoms with van der Waals surface area (Å²) < 4.78 is 11.8. The minimum Gasteiger partial charge on any atom is -0.494 e. The molecule has 0 saturated heterocycles. The van der Waals surface area contributed by atoms with Crippen molar-refractivity contribution < 1.29 is 9.47 Å².